The van der Waals surface area contributed by atoms with Crippen molar-refractivity contribution >= 4 is 54.0 Å². The molecule has 0 bridgehead atoms. The Kier molecular flexibility index (Phi) is 6.35. The molecule has 1 fully saturated rings. The molecule has 1 amide bonds. The number of hydrogen-bond donors (Lipinski definition) is 0. The zero-order chi connectivity index (χ0) is 22.2. The highest BCUT2D eigenvalue weighted by atomic mass is 35.5. The van der Waals surface area contributed by atoms with Crippen LogP contribution in [-0.4, -0.2) is 44.3 Å². The molecular formula is C22H23ClN2O4S2. The fraction of sp³-hybridized carbons (Fsp3) is 0.364. The first-order valence-electron chi connectivity index (χ1n) is 10.1. The number of hydrogen-bond acceptors (Lipinski definition) is 6. The summed E-state index contributed by atoms with van der Waals surface area (Å²) in [4.78, 5) is 20.0. The van der Waals surface area contributed by atoms with Gasteiger partial charge in [-0.15, -0.1) is 0 Å². The maximum absolute atomic E-state index is 13.5. The lowest BCUT2D eigenvalue weighted by molar-refractivity contribution is 0.0917. The van der Waals surface area contributed by atoms with E-state index in [1.165, 1.54) is 23.5 Å². The summed E-state index contributed by atoms with van der Waals surface area (Å²) in [6.45, 7) is 4.58. The van der Waals surface area contributed by atoms with Gasteiger partial charge in [0.05, 0.1) is 33.5 Å². The second-order valence-electron chi connectivity index (χ2n) is 7.49. The van der Waals surface area contributed by atoms with Crippen molar-refractivity contribution in [3.05, 3.63) is 52.5 Å². The monoisotopic (exact) mass is 478 g/mol. The summed E-state index contributed by atoms with van der Waals surface area (Å²) >= 11 is 7.68. The molecule has 2 aromatic carbocycles. The molecule has 6 nitrogen and oxygen atoms in total. The first-order chi connectivity index (χ1) is 14.8. The van der Waals surface area contributed by atoms with Crippen molar-refractivity contribution in [2.75, 3.05) is 23.8 Å². The molecule has 9 heteroatoms. The molecule has 31 heavy (non-hydrogen) atoms. The van der Waals surface area contributed by atoms with Crippen LogP contribution in [0.4, 0.5) is 5.13 Å². The molecule has 4 rings (SSSR count). The standard InChI is InChI=1S/C22H23ClN2O4S2/c1-3-31(27,28)17-8-6-15(7-9-17)21(26)25(13-16-5-4-12-29-16)22-24-20-14(2)18(23)10-11-19(20)30-22/h6-11,16H,3-5,12-13H2,1-2H3. The molecule has 1 aromatic heterocycles. The van der Waals surface area contributed by atoms with E-state index in [0.29, 0.717) is 28.9 Å². The molecule has 0 N–H and O–H groups in total. The number of aromatic nitrogens is 1. The molecule has 1 aliphatic rings. The van der Waals surface area contributed by atoms with Gasteiger partial charge in [0.2, 0.25) is 0 Å². The summed E-state index contributed by atoms with van der Waals surface area (Å²) < 4.78 is 30.9. The minimum Gasteiger partial charge on any atom is -0.376 e. The molecule has 1 unspecified atom stereocenters. The SMILES string of the molecule is CCS(=O)(=O)c1ccc(C(=O)N(CC2CCCO2)c2nc3c(C)c(Cl)ccc3s2)cc1. The number of amides is 1. The highest BCUT2D eigenvalue weighted by Crippen LogP contribution is 2.34. The van der Waals surface area contributed by atoms with Gasteiger partial charge >= 0.3 is 0 Å². The number of carbonyl (C=O) groups is 1. The van der Waals surface area contributed by atoms with Crippen molar-refractivity contribution < 1.29 is 17.9 Å². The van der Waals surface area contributed by atoms with Crippen molar-refractivity contribution in [2.45, 2.75) is 37.7 Å². The van der Waals surface area contributed by atoms with E-state index in [0.717, 1.165) is 28.6 Å². The molecule has 1 saturated heterocycles. The number of aryl methyl sites for hydroxylation is 1. The number of halogens is 1. The third-order valence-corrected chi connectivity index (χ3v) is 8.67. The Morgan fingerprint density at radius 3 is 2.65 bits per heavy atom. The van der Waals surface area contributed by atoms with E-state index in [1.807, 2.05) is 19.1 Å². The Balaban J connectivity index is 1.71. The smallest absolute Gasteiger partial charge is 0.260 e. The fourth-order valence-corrected chi connectivity index (χ4v) is 5.64. The predicted molar refractivity (Wildman–Crippen MR) is 124 cm³/mol. The highest BCUT2D eigenvalue weighted by Gasteiger charge is 2.27. The summed E-state index contributed by atoms with van der Waals surface area (Å²) in [6, 6.07) is 9.83. The molecule has 1 aliphatic heterocycles. The average molecular weight is 479 g/mol. The lowest BCUT2D eigenvalue weighted by Gasteiger charge is -2.23. The largest absolute Gasteiger partial charge is 0.376 e. The molecule has 164 valence electrons. The summed E-state index contributed by atoms with van der Waals surface area (Å²) in [5.41, 5.74) is 2.06. The van der Waals surface area contributed by atoms with Crippen LogP contribution in [0, 0.1) is 6.92 Å². The lowest BCUT2D eigenvalue weighted by atomic mass is 10.2. The molecule has 0 aliphatic carbocycles. The van der Waals surface area contributed by atoms with Crippen LogP contribution in [0.3, 0.4) is 0 Å². The van der Waals surface area contributed by atoms with Gasteiger partial charge in [-0.3, -0.25) is 9.69 Å². The van der Waals surface area contributed by atoms with E-state index in [9.17, 15) is 13.2 Å². The fourth-order valence-electron chi connectivity index (χ4n) is 3.57. The number of rotatable bonds is 6. The number of anilines is 1. The average Bonchev–Trinajstić information content (AvgIpc) is 3.44. The second kappa shape index (κ2) is 8.86. The predicted octanol–water partition coefficient (Wildman–Crippen LogP) is 4.88. The topological polar surface area (TPSA) is 76.6 Å². The number of fused-ring (bicyclic) bond motifs is 1. The van der Waals surface area contributed by atoms with Gasteiger partial charge in [0.1, 0.15) is 0 Å². The normalized spacial score (nSPS) is 16.7. The Morgan fingerprint density at radius 2 is 2.00 bits per heavy atom. The van der Waals surface area contributed by atoms with Crippen LogP contribution in [0.1, 0.15) is 35.7 Å². The van der Waals surface area contributed by atoms with E-state index in [-0.39, 0.29) is 22.7 Å². The molecule has 1 atom stereocenters. The maximum Gasteiger partial charge on any atom is 0.260 e. The van der Waals surface area contributed by atoms with Gasteiger partial charge in [-0.05, 0) is 61.7 Å². The van der Waals surface area contributed by atoms with Gasteiger partial charge in [-0.2, -0.15) is 0 Å². The Bertz CT molecular complexity index is 1220. The Labute approximate surface area is 190 Å². The van der Waals surface area contributed by atoms with Crippen LogP contribution in [0.15, 0.2) is 41.3 Å². The first kappa shape index (κ1) is 22.2. The van der Waals surface area contributed by atoms with Gasteiger partial charge < -0.3 is 4.74 Å². The van der Waals surface area contributed by atoms with Gasteiger partial charge in [0.25, 0.3) is 5.91 Å². The van der Waals surface area contributed by atoms with Gasteiger partial charge in [0, 0.05) is 17.2 Å². The van der Waals surface area contributed by atoms with E-state index in [1.54, 1.807) is 24.0 Å². The maximum atomic E-state index is 13.5. The van der Waals surface area contributed by atoms with Gasteiger partial charge in [-0.25, -0.2) is 13.4 Å². The van der Waals surface area contributed by atoms with Crippen LogP contribution >= 0.6 is 22.9 Å². The van der Waals surface area contributed by atoms with E-state index in [2.05, 4.69) is 0 Å². The summed E-state index contributed by atoms with van der Waals surface area (Å²) in [6.07, 6.45) is 1.79. The second-order valence-corrected chi connectivity index (χ2v) is 11.2. The van der Waals surface area contributed by atoms with E-state index in [4.69, 9.17) is 21.3 Å². The van der Waals surface area contributed by atoms with Crippen LogP contribution < -0.4 is 4.90 Å². The van der Waals surface area contributed by atoms with Crippen molar-refractivity contribution in [3.63, 3.8) is 0 Å². The number of benzene rings is 2. The quantitative estimate of drug-likeness (QED) is 0.504. The number of nitrogens with zero attached hydrogens (tertiary/aromatic N) is 2. The minimum atomic E-state index is -3.33. The van der Waals surface area contributed by atoms with Gasteiger partial charge in [0.15, 0.2) is 15.0 Å². The molecular weight excluding hydrogens is 456 g/mol. The molecule has 3 aromatic rings. The molecule has 0 saturated carbocycles. The first-order valence-corrected chi connectivity index (χ1v) is 13.0. The molecule has 0 spiro atoms. The summed E-state index contributed by atoms with van der Waals surface area (Å²) in [5.74, 6) is -0.224. The van der Waals surface area contributed by atoms with Crippen LogP contribution in [0.2, 0.25) is 5.02 Å². The van der Waals surface area contributed by atoms with E-state index < -0.39 is 9.84 Å². The van der Waals surface area contributed by atoms with Gasteiger partial charge in [-0.1, -0.05) is 29.9 Å². The zero-order valence-corrected chi connectivity index (χ0v) is 19.7. The Hall–Kier alpha value is -2.00. The number of ether oxygens (including phenoxy) is 1. The Morgan fingerprint density at radius 1 is 1.26 bits per heavy atom. The third kappa shape index (κ3) is 4.48. The number of sulfone groups is 1. The third-order valence-electron chi connectivity index (χ3n) is 5.46. The van der Waals surface area contributed by atoms with Crippen LogP contribution in [0.25, 0.3) is 10.2 Å². The number of carbonyl (C=O) groups excluding carboxylic acids is 1. The number of thiazole rings is 1. The van der Waals surface area contributed by atoms with Crippen LogP contribution in [-0.2, 0) is 14.6 Å². The summed E-state index contributed by atoms with van der Waals surface area (Å²) in [7, 11) is -3.33. The summed E-state index contributed by atoms with van der Waals surface area (Å²) in [5, 5.41) is 1.21. The molecule has 2 heterocycles. The zero-order valence-electron chi connectivity index (χ0n) is 17.3. The molecule has 0 radical (unpaired) electrons. The van der Waals surface area contributed by atoms with Crippen molar-refractivity contribution in [3.8, 4) is 0 Å². The van der Waals surface area contributed by atoms with E-state index >= 15 is 0 Å². The van der Waals surface area contributed by atoms with Crippen molar-refractivity contribution in [1.82, 2.24) is 4.98 Å². The minimum absolute atomic E-state index is 0.0129. The van der Waals surface area contributed by atoms with Crippen molar-refractivity contribution in [1.29, 1.82) is 0 Å². The van der Waals surface area contributed by atoms with Crippen molar-refractivity contribution in [2.24, 2.45) is 0 Å². The lowest BCUT2D eigenvalue weighted by Crippen LogP contribution is -2.37. The highest BCUT2D eigenvalue weighted by molar-refractivity contribution is 7.91. The van der Waals surface area contributed by atoms with Crippen LogP contribution in [0.5, 0.6) is 0 Å².